The predicted octanol–water partition coefficient (Wildman–Crippen LogP) is -6.63. The first-order chi connectivity index (χ1) is 13.4. The molecular weight excluding hydrogens is 1170 g/mol. The molecule has 0 aromatic carbocycles. The summed E-state index contributed by atoms with van der Waals surface area (Å²) < 4.78 is 200. The molecule has 0 aliphatic rings. The zero-order chi connectivity index (χ0) is 29.7. The zero-order valence-corrected chi connectivity index (χ0v) is 30.0. The zero-order valence-electron chi connectivity index (χ0n) is 14.7. The first kappa shape index (κ1) is 51.9. The first-order valence-corrected chi connectivity index (χ1v) is 31.0. The van der Waals surface area contributed by atoms with Gasteiger partial charge in [0.2, 0.25) is 0 Å². The Hall–Kier alpha value is 2.30. The summed E-state index contributed by atoms with van der Waals surface area (Å²) in [5, 5.41) is 7.32. The van der Waals surface area contributed by atoms with Gasteiger partial charge < -0.3 is 0 Å². The van der Waals surface area contributed by atoms with Crippen LogP contribution in [0.15, 0.2) is 0 Å². The third-order valence-corrected chi connectivity index (χ3v) is 0. The van der Waals surface area contributed by atoms with E-state index in [0.717, 1.165) is 0 Å². The Balaban J connectivity index is -0.0000000480. The first-order valence-electron chi connectivity index (χ1n) is 5.23. The molecule has 0 amide bonds. The van der Waals surface area contributed by atoms with Crippen LogP contribution >= 0.6 is 0 Å². The number of halogens is 6. The van der Waals surface area contributed by atoms with E-state index >= 15 is 0 Å². The summed E-state index contributed by atoms with van der Waals surface area (Å²) in [5.41, 5.74) is 0. The fourth-order valence-corrected chi connectivity index (χ4v) is 0. The molecular formula is C2H15F6NO18Sb6. The molecule has 0 aliphatic carbocycles. The van der Waals surface area contributed by atoms with Gasteiger partial charge in [-0.25, -0.2) is 0 Å². The molecule has 0 fully saturated rings. The van der Waals surface area contributed by atoms with Gasteiger partial charge in [-0.1, -0.05) is 0 Å². The van der Waals surface area contributed by atoms with Crippen LogP contribution in [0.1, 0.15) is 6.92 Å². The minimum absolute atomic E-state index is 1.43. The predicted molar refractivity (Wildman–Crippen MR) is 83.2 cm³/mol. The molecule has 19 nitrogen and oxygen atoms in total. The van der Waals surface area contributed by atoms with Gasteiger partial charge in [-0.15, -0.1) is 0 Å². The number of nitriles is 1. The molecule has 0 saturated carbocycles. The second-order valence-corrected chi connectivity index (χ2v) is 19.3. The Morgan fingerprint density at radius 3 is 0.424 bits per heavy atom. The van der Waals surface area contributed by atoms with E-state index in [9.17, 15) is 16.9 Å². The van der Waals surface area contributed by atoms with Gasteiger partial charge in [-0.3, -0.25) is 0 Å². The molecule has 0 aromatic heterocycles. The minimum atomic E-state index is -5.85. The van der Waals surface area contributed by atoms with Crippen molar-refractivity contribution in [1.82, 2.24) is 0 Å². The van der Waals surface area contributed by atoms with Crippen LogP contribution in [0.25, 0.3) is 0 Å². The van der Waals surface area contributed by atoms with Crippen LogP contribution in [-0.4, -0.2) is 162 Å². The Bertz CT molecular complexity index is 570. The van der Waals surface area contributed by atoms with Crippen molar-refractivity contribution in [2.45, 2.75) is 6.92 Å². The van der Waals surface area contributed by atoms with Crippen LogP contribution in [0.2, 0.25) is 0 Å². The van der Waals surface area contributed by atoms with Gasteiger partial charge in [0.15, 0.2) is 0 Å². The van der Waals surface area contributed by atoms with E-state index in [1.807, 2.05) is 0 Å². The summed E-state index contributed by atoms with van der Waals surface area (Å²) in [6.07, 6.45) is 0. The van der Waals surface area contributed by atoms with Crippen molar-refractivity contribution >= 4 is 121 Å². The molecule has 0 heterocycles. The molecule has 0 rings (SSSR count). The average molecular weight is 1190 g/mol. The van der Waals surface area contributed by atoms with E-state index in [0.29, 0.717) is 0 Å². The van der Waals surface area contributed by atoms with E-state index in [1.165, 1.54) is 6.92 Å². The topological polar surface area (TPSA) is 369 Å². The van der Waals surface area contributed by atoms with Crippen LogP contribution in [-0.2, 0) is 18.1 Å². The Labute approximate surface area is 211 Å². The van der Waals surface area contributed by atoms with Gasteiger partial charge in [0, 0.05) is 6.92 Å². The molecule has 0 aliphatic heterocycles. The molecule has 0 radical (unpaired) electrons. The van der Waals surface area contributed by atoms with Crippen LogP contribution in [0.4, 0.5) is 16.9 Å². The quantitative estimate of drug-likeness (QED) is 0.0792. The van der Waals surface area contributed by atoms with Crippen molar-refractivity contribution in [3.8, 4) is 6.07 Å². The third-order valence-electron chi connectivity index (χ3n) is 0. The monoisotopic (exact) mass is 1180 g/mol. The molecule has 12 N–H and O–H groups in total. The standard InChI is InChI=1S/C2H3N.6FH.12H2O.6O.6Sb/c1-2-3;;;;;;;;;;;;;;;;;;;;;;;;;;;;;;/h1H3;6*1H;12*1H2;;;;;;;;;;;;/q;;;;;;;;;;;;;;;;;;;;;;;;;6*+3/p-18. The number of rotatable bonds is 0. The van der Waals surface area contributed by atoms with Crippen molar-refractivity contribution in [1.29, 1.82) is 5.26 Å². The molecule has 33 heavy (non-hydrogen) atoms. The van der Waals surface area contributed by atoms with E-state index in [4.69, 9.17) is 64.0 Å². The third kappa shape index (κ3) is 6770. The molecule has 31 heteroatoms. The summed E-state index contributed by atoms with van der Waals surface area (Å²) in [6.45, 7) is 1.43. The van der Waals surface area contributed by atoms with E-state index in [-0.39, 0.29) is 0 Å². The molecule has 208 valence electrons. The fraction of sp³-hybridized carbons (Fsp3) is 0.500. The Morgan fingerprint density at radius 2 is 0.424 bits per heavy atom. The van der Waals surface area contributed by atoms with E-state index in [2.05, 4.69) is 0 Å². The fourth-order valence-electron chi connectivity index (χ4n) is 0. The normalized spacial score (nSPS) is 11.0. The van der Waals surface area contributed by atoms with Crippen molar-refractivity contribution in [3.05, 3.63) is 0 Å². The van der Waals surface area contributed by atoms with Crippen LogP contribution in [0.3, 0.4) is 0 Å². The summed E-state index contributed by atoms with van der Waals surface area (Å²) >= 11 is -35.1. The van der Waals surface area contributed by atoms with Gasteiger partial charge in [0.25, 0.3) is 0 Å². The summed E-state index contributed by atoms with van der Waals surface area (Å²) in [7, 11) is 0. The van der Waals surface area contributed by atoms with Crippen molar-refractivity contribution < 1.29 is 75.6 Å². The summed E-state index contributed by atoms with van der Waals surface area (Å²) in [4.78, 5) is 0. The van der Waals surface area contributed by atoms with Crippen LogP contribution < -0.4 is 0 Å². The average Bonchev–Trinajstić information content (AvgIpc) is 2.11. The Kier molecular flexibility index (Phi) is 38.7. The molecule has 0 saturated heterocycles. The van der Waals surface area contributed by atoms with Crippen molar-refractivity contribution in [3.63, 3.8) is 0 Å². The van der Waals surface area contributed by atoms with Gasteiger partial charge in [-0.2, -0.15) is 5.26 Å². The number of nitrogens with zero attached hydrogens (tertiary/aromatic N) is 1. The second-order valence-electron chi connectivity index (χ2n) is 3.06. The molecule has 0 spiro atoms. The van der Waals surface area contributed by atoms with Gasteiger partial charge in [-0.05, 0) is 0 Å². The van der Waals surface area contributed by atoms with Crippen molar-refractivity contribution in [2.24, 2.45) is 0 Å². The summed E-state index contributed by atoms with van der Waals surface area (Å²) in [6, 6.07) is 1.75. The van der Waals surface area contributed by atoms with E-state index < -0.39 is 121 Å². The van der Waals surface area contributed by atoms with E-state index in [1.54, 1.807) is 6.07 Å². The summed E-state index contributed by atoms with van der Waals surface area (Å²) in [5.74, 6) is 0. The molecule has 0 bridgehead atoms. The SMILES string of the molecule is CC#N.[O]=[Sb]([OH])([OH])[F].[O]=[Sb]([OH])([OH])[F].[O]=[Sb]([OH])([OH])[F].[O]=[Sb]([OH])([OH])[F].[O]=[Sb]([OH])([OH])[F].[O]=[Sb]([OH])([OH])[F]. The molecule has 0 unspecified atom stereocenters. The maximum atomic E-state index is 10.4. The van der Waals surface area contributed by atoms with Crippen LogP contribution in [0.5, 0.6) is 0 Å². The van der Waals surface area contributed by atoms with Crippen LogP contribution in [0, 0.1) is 11.3 Å². The molecule has 0 atom stereocenters. The second kappa shape index (κ2) is 24.6. The van der Waals surface area contributed by atoms with Gasteiger partial charge in [0.1, 0.15) is 0 Å². The van der Waals surface area contributed by atoms with Crippen molar-refractivity contribution in [2.75, 3.05) is 0 Å². The number of hydrogen-bond acceptors (Lipinski definition) is 7. The molecule has 0 aromatic rings. The number of hydrogen-bond donors (Lipinski definition) is 12. The maximum absolute atomic E-state index is 10.4. The van der Waals surface area contributed by atoms with Gasteiger partial charge in [0.05, 0.1) is 6.07 Å². The van der Waals surface area contributed by atoms with Gasteiger partial charge >= 0.3 is 197 Å². The Morgan fingerprint density at radius 1 is 0.424 bits per heavy atom.